The van der Waals surface area contributed by atoms with E-state index in [9.17, 15) is 9.50 Å². The third-order valence-corrected chi connectivity index (χ3v) is 4.15. The Morgan fingerprint density at radius 3 is 2.72 bits per heavy atom. The Hall–Kier alpha value is -3.14. The van der Waals surface area contributed by atoms with E-state index < -0.39 is 0 Å². The Balaban J connectivity index is 2.05. The summed E-state index contributed by atoms with van der Waals surface area (Å²) in [6.07, 6.45) is 3.96. The molecule has 1 unspecified atom stereocenters. The molecule has 0 saturated heterocycles. The molecule has 1 atom stereocenters. The van der Waals surface area contributed by atoms with Crippen LogP contribution in [0.15, 0.2) is 73.4 Å². The van der Waals surface area contributed by atoms with Crippen molar-refractivity contribution in [1.29, 1.82) is 0 Å². The largest absolute Gasteiger partial charge is 0.506 e. The highest BCUT2D eigenvalue weighted by atomic mass is 19.1. The Bertz CT molecular complexity index is 891. The molecular weight excluding hydrogens is 315 g/mol. The van der Waals surface area contributed by atoms with Crippen LogP contribution in [0, 0.1) is 5.82 Å². The van der Waals surface area contributed by atoms with E-state index in [2.05, 4.69) is 11.6 Å². The third-order valence-electron chi connectivity index (χ3n) is 4.15. The lowest BCUT2D eigenvalue weighted by molar-refractivity contribution is 0.471. The molecule has 0 spiro atoms. The minimum Gasteiger partial charge on any atom is -0.506 e. The number of nitrogens with two attached hydrogens (primary N) is 1. The van der Waals surface area contributed by atoms with Crippen molar-refractivity contribution in [3.05, 3.63) is 90.5 Å². The lowest BCUT2D eigenvalue weighted by Gasteiger charge is -2.17. The molecule has 1 aromatic heterocycles. The number of anilines is 1. The summed E-state index contributed by atoms with van der Waals surface area (Å²) in [6.45, 7) is 3.83. The van der Waals surface area contributed by atoms with Gasteiger partial charge in [0, 0.05) is 22.9 Å². The first-order chi connectivity index (χ1) is 12.1. The fourth-order valence-electron chi connectivity index (χ4n) is 2.90. The first-order valence-electron chi connectivity index (χ1n) is 7.99. The van der Waals surface area contributed by atoms with E-state index in [1.54, 1.807) is 18.2 Å². The Labute approximate surface area is 146 Å². The summed E-state index contributed by atoms with van der Waals surface area (Å²) < 4.78 is 13.6. The highest BCUT2D eigenvalue weighted by Crippen LogP contribution is 2.33. The second kappa shape index (κ2) is 7.18. The van der Waals surface area contributed by atoms with E-state index in [0.717, 1.165) is 16.8 Å². The molecule has 25 heavy (non-hydrogen) atoms. The van der Waals surface area contributed by atoms with E-state index in [1.165, 1.54) is 18.3 Å². The van der Waals surface area contributed by atoms with E-state index in [4.69, 9.17) is 5.73 Å². The first-order valence-corrected chi connectivity index (χ1v) is 7.99. The van der Waals surface area contributed by atoms with Crippen LogP contribution in [0.1, 0.15) is 23.6 Å². The normalized spacial score (nSPS) is 11.9. The smallest absolute Gasteiger partial charge is 0.133 e. The van der Waals surface area contributed by atoms with Gasteiger partial charge in [-0.25, -0.2) is 4.39 Å². The molecule has 126 valence electrons. The van der Waals surface area contributed by atoms with Crippen LogP contribution >= 0.6 is 0 Å². The average molecular weight is 334 g/mol. The van der Waals surface area contributed by atoms with Gasteiger partial charge < -0.3 is 10.8 Å². The number of nitrogens with zero attached hydrogens (tertiary/aromatic N) is 1. The molecule has 0 aliphatic rings. The molecule has 0 bridgehead atoms. The van der Waals surface area contributed by atoms with Crippen molar-refractivity contribution >= 4 is 5.69 Å². The molecule has 1 heterocycles. The molecule has 0 saturated carbocycles. The van der Waals surface area contributed by atoms with Crippen LogP contribution in [0.4, 0.5) is 10.1 Å². The van der Waals surface area contributed by atoms with Crippen LogP contribution in [0.3, 0.4) is 0 Å². The number of aromatic nitrogens is 1. The molecule has 0 radical (unpaired) electrons. The SMILES string of the molecule is C=CCC(c1cccc(-c2cc(F)ccc2N)c1)c1ccc(O)cn1. The van der Waals surface area contributed by atoms with Gasteiger partial charge in [0.1, 0.15) is 11.6 Å². The zero-order valence-electron chi connectivity index (χ0n) is 13.7. The summed E-state index contributed by atoms with van der Waals surface area (Å²) in [5.41, 5.74) is 9.92. The van der Waals surface area contributed by atoms with E-state index in [0.29, 0.717) is 17.7 Å². The maximum Gasteiger partial charge on any atom is 0.133 e. The van der Waals surface area contributed by atoms with Crippen LogP contribution in [-0.4, -0.2) is 10.1 Å². The van der Waals surface area contributed by atoms with Crippen molar-refractivity contribution in [2.24, 2.45) is 0 Å². The zero-order chi connectivity index (χ0) is 17.8. The second-order valence-electron chi connectivity index (χ2n) is 5.88. The predicted octanol–water partition coefficient (Wildman–Crippen LogP) is 4.88. The van der Waals surface area contributed by atoms with Crippen molar-refractivity contribution in [3.8, 4) is 16.9 Å². The highest BCUT2D eigenvalue weighted by Gasteiger charge is 2.15. The van der Waals surface area contributed by atoms with Gasteiger partial charge in [-0.3, -0.25) is 4.98 Å². The second-order valence-corrected chi connectivity index (χ2v) is 5.88. The van der Waals surface area contributed by atoms with Crippen molar-refractivity contribution in [3.63, 3.8) is 0 Å². The lowest BCUT2D eigenvalue weighted by atomic mass is 9.89. The van der Waals surface area contributed by atoms with Crippen LogP contribution in [0.5, 0.6) is 5.75 Å². The summed E-state index contributed by atoms with van der Waals surface area (Å²) in [5, 5.41) is 9.46. The third kappa shape index (κ3) is 3.69. The summed E-state index contributed by atoms with van der Waals surface area (Å²) in [5.74, 6) is -0.201. The average Bonchev–Trinajstić information content (AvgIpc) is 2.63. The Morgan fingerprint density at radius 2 is 2.00 bits per heavy atom. The van der Waals surface area contributed by atoms with E-state index in [-0.39, 0.29) is 17.5 Å². The summed E-state index contributed by atoms with van der Waals surface area (Å²) >= 11 is 0. The van der Waals surface area contributed by atoms with Crippen LogP contribution in [-0.2, 0) is 0 Å². The number of hydrogen-bond acceptors (Lipinski definition) is 3. The molecule has 0 fully saturated rings. The number of hydrogen-bond donors (Lipinski definition) is 2. The molecule has 3 N–H and O–H groups in total. The van der Waals surface area contributed by atoms with Gasteiger partial charge in [-0.05, 0) is 47.9 Å². The lowest BCUT2D eigenvalue weighted by Crippen LogP contribution is -2.03. The van der Waals surface area contributed by atoms with Gasteiger partial charge in [-0.1, -0.05) is 30.3 Å². The molecule has 0 aliphatic carbocycles. The maximum absolute atomic E-state index is 13.6. The van der Waals surface area contributed by atoms with Gasteiger partial charge in [0.25, 0.3) is 0 Å². The molecule has 3 nitrogen and oxygen atoms in total. The Morgan fingerprint density at radius 1 is 1.16 bits per heavy atom. The molecule has 2 aromatic carbocycles. The number of rotatable bonds is 5. The minimum atomic E-state index is -0.322. The van der Waals surface area contributed by atoms with E-state index >= 15 is 0 Å². The molecule has 3 aromatic rings. The predicted molar refractivity (Wildman–Crippen MR) is 98.8 cm³/mol. The monoisotopic (exact) mass is 334 g/mol. The fourth-order valence-corrected chi connectivity index (χ4v) is 2.90. The number of benzene rings is 2. The number of allylic oxidation sites excluding steroid dienone is 1. The standard InChI is InChI=1S/C21H19FN2O/c1-2-4-18(21-10-8-17(25)13-24-21)14-5-3-6-15(11-14)19-12-16(22)7-9-20(19)23/h2-3,5-13,18,25H,1,4,23H2. The molecular formula is C21H19FN2O. The molecule has 0 amide bonds. The minimum absolute atomic E-state index is 0.00664. The summed E-state index contributed by atoms with van der Waals surface area (Å²) in [6, 6.07) is 15.6. The first kappa shape index (κ1) is 16.7. The van der Waals surface area contributed by atoms with Gasteiger partial charge in [0.2, 0.25) is 0 Å². The molecule has 3 rings (SSSR count). The van der Waals surface area contributed by atoms with Gasteiger partial charge in [-0.2, -0.15) is 0 Å². The van der Waals surface area contributed by atoms with Crippen molar-refractivity contribution in [2.75, 3.05) is 5.73 Å². The maximum atomic E-state index is 13.6. The van der Waals surface area contributed by atoms with Gasteiger partial charge in [0.05, 0.1) is 6.20 Å². The molecule has 0 aliphatic heterocycles. The molecule has 4 heteroatoms. The number of pyridine rings is 1. The van der Waals surface area contributed by atoms with Crippen molar-refractivity contribution < 1.29 is 9.50 Å². The number of halogens is 1. The van der Waals surface area contributed by atoms with Gasteiger partial charge >= 0.3 is 0 Å². The fraction of sp³-hybridized carbons (Fsp3) is 0.0952. The van der Waals surface area contributed by atoms with Crippen molar-refractivity contribution in [1.82, 2.24) is 4.98 Å². The van der Waals surface area contributed by atoms with Crippen molar-refractivity contribution in [2.45, 2.75) is 12.3 Å². The summed E-state index contributed by atoms with van der Waals surface area (Å²) in [4.78, 5) is 4.33. The number of aromatic hydroxyl groups is 1. The summed E-state index contributed by atoms with van der Waals surface area (Å²) in [7, 11) is 0. The van der Waals surface area contributed by atoms with Crippen LogP contribution in [0.25, 0.3) is 11.1 Å². The van der Waals surface area contributed by atoms with Crippen LogP contribution in [0.2, 0.25) is 0 Å². The topological polar surface area (TPSA) is 59.1 Å². The number of nitrogen functional groups attached to an aromatic ring is 1. The van der Waals surface area contributed by atoms with Crippen LogP contribution < -0.4 is 5.73 Å². The highest BCUT2D eigenvalue weighted by molar-refractivity contribution is 5.76. The van der Waals surface area contributed by atoms with Gasteiger partial charge in [-0.15, -0.1) is 6.58 Å². The van der Waals surface area contributed by atoms with E-state index in [1.807, 2.05) is 30.3 Å². The quantitative estimate of drug-likeness (QED) is 0.516. The van der Waals surface area contributed by atoms with Gasteiger partial charge in [0.15, 0.2) is 0 Å². The zero-order valence-corrected chi connectivity index (χ0v) is 13.7. The Kier molecular flexibility index (Phi) is 4.80.